The molecule has 2 rings (SSSR count). The summed E-state index contributed by atoms with van der Waals surface area (Å²) in [5.41, 5.74) is -0.469. The smallest absolute Gasteiger partial charge is 0.265 e. The maximum atomic E-state index is 13.3. The quantitative estimate of drug-likeness (QED) is 0.872. The summed E-state index contributed by atoms with van der Waals surface area (Å²) >= 11 is 0. The van der Waals surface area contributed by atoms with Gasteiger partial charge >= 0.3 is 0 Å². The Morgan fingerprint density at radius 2 is 2.22 bits per heavy atom. The van der Waals surface area contributed by atoms with Crippen LogP contribution < -0.4 is 4.72 Å². The Bertz CT molecular complexity index is 704. The number of rotatable bonds is 3. The number of nitrogens with zero attached hydrogens (tertiary/aromatic N) is 2. The van der Waals surface area contributed by atoms with Gasteiger partial charge < -0.3 is 0 Å². The molecular formula is C10H7FN4O2S. The van der Waals surface area contributed by atoms with Crippen molar-refractivity contribution in [2.45, 2.75) is 4.90 Å². The fraction of sp³-hybridized carbons (Fsp3) is 0. The molecule has 0 radical (unpaired) electrons. The fourth-order valence-electron chi connectivity index (χ4n) is 1.31. The van der Waals surface area contributed by atoms with Crippen molar-refractivity contribution in [1.29, 1.82) is 5.26 Å². The number of hydrogen-bond acceptors (Lipinski definition) is 4. The molecule has 8 heteroatoms. The minimum Gasteiger partial charge on any atom is -0.284 e. The van der Waals surface area contributed by atoms with Crippen molar-refractivity contribution in [2.75, 3.05) is 4.72 Å². The lowest BCUT2D eigenvalue weighted by atomic mass is 10.2. The number of hydrogen-bond donors (Lipinski definition) is 2. The van der Waals surface area contributed by atoms with E-state index >= 15 is 0 Å². The second-order valence-electron chi connectivity index (χ2n) is 3.31. The van der Waals surface area contributed by atoms with E-state index in [-0.39, 0.29) is 16.1 Å². The molecule has 2 N–H and O–H groups in total. The van der Waals surface area contributed by atoms with Gasteiger partial charge in [-0.15, -0.1) is 0 Å². The van der Waals surface area contributed by atoms with E-state index in [1.165, 1.54) is 18.3 Å². The van der Waals surface area contributed by atoms with E-state index in [1.54, 1.807) is 6.07 Å². The highest BCUT2D eigenvalue weighted by atomic mass is 32.2. The van der Waals surface area contributed by atoms with E-state index < -0.39 is 15.8 Å². The monoisotopic (exact) mass is 266 g/mol. The Hall–Kier alpha value is -2.40. The zero-order valence-electron chi connectivity index (χ0n) is 8.88. The molecule has 0 aliphatic carbocycles. The Kier molecular flexibility index (Phi) is 2.99. The topological polar surface area (TPSA) is 98.6 Å². The highest BCUT2D eigenvalue weighted by molar-refractivity contribution is 7.92. The van der Waals surface area contributed by atoms with Gasteiger partial charge in [0.15, 0.2) is 0 Å². The van der Waals surface area contributed by atoms with Gasteiger partial charge in [-0.25, -0.2) is 12.8 Å². The first kappa shape index (κ1) is 12.1. The Morgan fingerprint density at radius 1 is 1.44 bits per heavy atom. The van der Waals surface area contributed by atoms with E-state index in [1.807, 2.05) is 0 Å². The molecule has 0 unspecified atom stereocenters. The molecule has 0 saturated carbocycles. The number of nitrogens with one attached hydrogen (secondary N) is 2. The third kappa shape index (κ3) is 2.16. The van der Waals surface area contributed by atoms with Crippen molar-refractivity contribution in [3.05, 3.63) is 42.0 Å². The summed E-state index contributed by atoms with van der Waals surface area (Å²) in [5, 5.41) is 14.6. The summed E-state index contributed by atoms with van der Waals surface area (Å²) in [4.78, 5) is -0.101. The summed E-state index contributed by atoms with van der Waals surface area (Å²) in [6.45, 7) is 0. The van der Waals surface area contributed by atoms with Crippen LogP contribution in [0.15, 0.2) is 35.5 Å². The molecule has 6 nitrogen and oxygen atoms in total. The second-order valence-corrected chi connectivity index (χ2v) is 5.00. The van der Waals surface area contributed by atoms with Gasteiger partial charge in [-0.05, 0) is 12.1 Å². The van der Waals surface area contributed by atoms with Crippen LogP contribution in [0.3, 0.4) is 0 Å². The molecule has 0 aliphatic rings. The molecule has 1 heterocycles. The molecule has 0 aliphatic heterocycles. The molecule has 1 aromatic heterocycles. The summed E-state index contributed by atoms with van der Waals surface area (Å²) in [5.74, 6) is -0.787. The van der Waals surface area contributed by atoms with E-state index in [0.717, 1.165) is 12.3 Å². The van der Waals surface area contributed by atoms with Gasteiger partial charge in [-0.3, -0.25) is 9.82 Å². The van der Waals surface area contributed by atoms with E-state index in [0.29, 0.717) is 0 Å². The number of sulfonamides is 1. The molecule has 0 fully saturated rings. The lowest BCUT2D eigenvalue weighted by Crippen LogP contribution is -2.13. The first-order chi connectivity index (χ1) is 8.54. The highest BCUT2D eigenvalue weighted by Crippen LogP contribution is 2.21. The van der Waals surface area contributed by atoms with Crippen LogP contribution in [0.4, 0.5) is 10.1 Å². The van der Waals surface area contributed by atoms with E-state index in [4.69, 9.17) is 5.26 Å². The average molecular weight is 266 g/mol. The van der Waals surface area contributed by atoms with Gasteiger partial charge in [0.2, 0.25) is 0 Å². The zero-order chi connectivity index (χ0) is 13.2. The third-order valence-corrected chi connectivity index (χ3v) is 3.49. The van der Waals surface area contributed by atoms with Crippen LogP contribution in [0, 0.1) is 17.1 Å². The van der Waals surface area contributed by atoms with Crippen LogP contribution in [-0.4, -0.2) is 18.6 Å². The maximum absolute atomic E-state index is 13.3. The molecule has 92 valence electrons. The van der Waals surface area contributed by atoms with Gasteiger partial charge in [0, 0.05) is 6.20 Å². The van der Waals surface area contributed by atoms with Gasteiger partial charge in [-0.2, -0.15) is 10.4 Å². The molecule has 0 spiro atoms. The molecule has 2 aromatic rings. The highest BCUT2D eigenvalue weighted by Gasteiger charge is 2.18. The average Bonchev–Trinajstić information content (AvgIpc) is 2.83. The largest absolute Gasteiger partial charge is 0.284 e. The predicted octanol–water partition coefficient (Wildman–Crippen LogP) is 1.22. The predicted molar refractivity (Wildman–Crippen MR) is 60.5 cm³/mol. The first-order valence-corrected chi connectivity index (χ1v) is 6.23. The van der Waals surface area contributed by atoms with Crippen LogP contribution in [0.25, 0.3) is 0 Å². The SMILES string of the molecule is N#Cc1c(F)cccc1NS(=O)(=O)c1cn[nH]c1. The Balaban J connectivity index is 2.43. The minimum absolute atomic E-state index is 0.101. The molecule has 0 amide bonds. The van der Waals surface area contributed by atoms with Crippen molar-refractivity contribution in [3.8, 4) is 6.07 Å². The lowest BCUT2D eigenvalue weighted by Gasteiger charge is -2.07. The van der Waals surface area contributed by atoms with Crippen molar-refractivity contribution in [1.82, 2.24) is 10.2 Å². The van der Waals surface area contributed by atoms with Gasteiger partial charge in [-0.1, -0.05) is 6.07 Å². The lowest BCUT2D eigenvalue weighted by molar-refractivity contribution is 0.601. The normalized spacial score (nSPS) is 10.9. The number of H-pyrrole nitrogens is 1. The second kappa shape index (κ2) is 4.46. The third-order valence-electron chi connectivity index (χ3n) is 2.15. The van der Waals surface area contributed by atoms with Crippen LogP contribution in [0.2, 0.25) is 0 Å². The Labute approximate surface area is 102 Å². The zero-order valence-corrected chi connectivity index (χ0v) is 9.70. The van der Waals surface area contributed by atoms with E-state index in [2.05, 4.69) is 14.9 Å². The fourth-order valence-corrected chi connectivity index (χ4v) is 2.29. The minimum atomic E-state index is -3.88. The van der Waals surface area contributed by atoms with Crippen molar-refractivity contribution < 1.29 is 12.8 Å². The molecule has 0 saturated heterocycles. The summed E-state index contributed by atoms with van der Waals surface area (Å²) in [7, 11) is -3.88. The summed E-state index contributed by atoms with van der Waals surface area (Å²) < 4.78 is 39.1. The summed E-state index contributed by atoms with van der Waals surface area (Å²) in [6, 6.07) is 5.30. The molecule has 0 bridgehead atoms. The van der Waals surface area contributed by atoms with Crippen molar-refractivity contribution >= 4 is 15.7 Å². The van der Waals surface area contributed by atoms with Crippen molar-refractivity contribution in [2.24, 2.45) is 0 Å². The molecule has 0 atom stereocenters. The molecule has 18 heavy (non-hydrogen) atoms. The number of nitriles is 1. The maximum Gasteiger partial charge on any atom is 0.265 e. The number of aromatic amines is 1. The van der Waals surface area contributed by atoms with E-state index in [9.17, 15) is 12.8 Å². The van der Waals surface area contributed by atoms with Crippen LogP contribution >= 0.6 is 0 Å². The van der Waals surface area contributed by atoms with Crippen LogP contribution in [-0.2, 0) is 10.0 Å². The standard InChI is InChI=1S/C10H7FN4O2S/c11-9-2-1-3-10(8(9)4-12)15-18(16,17)7-5-13-14-6-7/h1-3,5-6,15H,(H,13,14). The number of benzene rings is 1. The van der Waals surface area contributed by atoms with Gasteiger partial charge in [0.25, 0.3) is 10.0 Å². The Morgan fingerprint density at radius 3 is 2.83 bits per heavy atom. The molecular weight excluding hydrogens is 259 g/mol. The van der Waals surface area contributed by atoms with Gasteiger partial charge in [0.1, 0.15) is 22.3 Å². The number of anilines is 1. The van der Waals surface area contributed by atoms with Crippen LogP contribution in [0.5, 0.6) is 0 Å². The first-order valence-electron chi connectivity index (χ1n) is 4.75. The number of halogens is 1. The molecule has 1 aromatic carbocycles. The van der Waals surface area contributed by atoms with Crippen LogP contribution in [0.1, 0.15) is 5.56 Å². The van der Waals surface area contributed by atoms with Crippen molar-refractivity contribution in [3.63, 3.8) is 0 Å². The van der Waals surface area contributed by atoms with Gasteiger partial charge in [0.05, 0.1) is 11.9 Å². The summed E-state index contributed by atoms with van der Waals surface area (Å²) in [6.07, 6.45) is 2.28. The number of aromatic nitrogens is 2.